The molecule has 2 unspecified atom stereocenters. The number of hydrogen-bond donors (Lipinski definition) is 5. The van der Waals surface area contributed by atoms with E-state index in [4.69, 9.17) is 4.74 Å². The molecule has 348 valence electrons. The summed E-state index contributed by atoms with van der Waals surface area (Å²) in [5.74, 6) is 9.72. The number of ether oxygens (including phenoxy) is 1. The Kier molecular flexibility index (Phi) is 17.7. The molecule has 0 spiro atoms. The van der Waals surface area contributed by atoms with E-state index in [9.17, 15) is 28.8 Å². The van der Waals surface area contributed by atoms with E-state index < -0.39 is 42.4 Å². The van der Waals surface area contributed by atoms with Crippen LogP contribution in [0.15, 0.2) is 48.5 Å². The van der Waals surface area contributed by atoms with E-state index in [-0.39, 0.29) is 60.3 Å². The predicted molar refractivity (Wildman–Crippen MR) is 248 cm³/mol. The molecule has 65 heavy (non-hydrogen) atoms. The highest BCUT2D eigenvalue weighted by atomic mass is 16.5. The van der Waals surface area contributed by atoms with Crippen LogP contribution in [0.1, 0.15) is 119 Å². The van der Waals surface area contributed by atoms with Crippen LogP contribution in [-0.4, -0.2) is 121 Å². The number of carbonyl (C=O) groups excluding carboxylic acids is 6. The summed E-state index contributed by atoms with van der Waals surface area (Å²) >= 11 is 0. The molecule has 2 aromatic carbocycles. The minimum Gasteiger partial charge on any atom is -0.363 e. The fourth-order valence-corrected chi connectivity index (χ4v) is 9.63. The van der Waals surface area contributed by atoms with Crippen molar-refractivity contribution < 1.29 is 33.5 Å². The van der Waals surface area contributed by atoms with Crippen LogP contribution in [0.3, 0.4) is 0 Å². The summed E-state index contributed by atoms with van der Waals surface area (Å²) in [6, 6.07) is 11.8. The number of likely N-dealkylation sites (tertiary alicyclic amines) is 2. The van der Waals surface area contributed by atoms with Crippen molar-refractivity contribution in [3.63, 3.8) is 0 Å². The number of rotatable bonds is 17. The summed E-state index contributed by atoms with van der Waals surface area (Å²) < 4.78 is 6.02. The summed E-state index contributed by atoms with van der Waals surface area (Å²) in [5.41, 5.74) is 4.85. The number of amides is 5. The first kappa shape index (κ1) is 48.9. The van der Waals surface area contributed by atoms with Gasteiger partial charge in [0.25, 0.3) is 0 Å². The molecule has 9 atom stereocenters. The quantitative estimate of drug-likeness (QED) is 0.149. The molecule has 0 radical (unpaired) electrons. The zero-order chi connectivity index (χ0) is 46.5. The van der Waals surface area contributed by atoms with Gasteiger partial charge in [-0.05, 0) is 139 Å². The molecule has 2 aliphatic carbocycles. The van der Waals surface area contributed by atoms with Gasteiger partial charge in [0, 0.05) is 25.9 Å². The van der Waals surface area contributed by atoms with Crippen molar-refractivity contribution in [3.8, 4) is 23.7 Å². The number of benzene rings is 2. The van der Waals surface area contributed by atoms with Gasteiger partial charge in [0.2, 0.25) is 29.5 Å². The number of fused-ring (bicyclic) bond motifs is 2. The summed E-state index contributed by atoms with van der Waals surface area (Å²) in [7, 11) is 3.31. The first-order valence-electron chi connectivity index (χ1n) is 23.5. The van der Waals surface area contributed by atoms with Crippen LogP contribution in [-0.2, 0) is 46.3 Å². The first-order chi connectivity index (χ1) is 31.4. The van der Waals surface area contributed by atoms with E-state index in [1.54, 1.807) is 44.7 Å². The first-order valence-corrected chi connectivity index (χ1v) is 23.5. The molecule has 5 amide bonds. The smallest absolute Gasteiger partial charge is 0.248 e. The maximum atomic E-state index is 14.3. The Morgan fingerprint density at radius 2 is 1.28 bits per heavy atom. The molecule has 2 saturated heterocycles. The molecular formula is C51H67N7O7. The van der Waals surface area contributed by atoms with E-state index in [2.05, 4.69) is 74.5 Å². The van der Waals surface area contributed by atoms with Gasteiger partial charge in [-0.25, -0.2) is 0 Å². The lowest BCUT2D eigenvalue weighted by Gasteiger charge is -2.33. The summed E-state index contributed by atoms with van der Waals surface area (Å²) in [5, 5.41) is 14.7. The molecule has 2 fully saturated rings. The molecular weight excluding hydrogens is 823 g/mol. The zero-order valence-corrected chi connectivity index (χ0v) is 38.7. The number of likely N-dealkylation sites (N-methyl/N-ethyl adjacent to an activating group) is 2. The molecule has 2 aromatic rings. The van der Waals surface area contributed by atoms with Crippen LogP contribution in [0, 0.1) is 23.7 Å². The number of Topliss-reactive ketones (excluding diaryl/α,β-unsaturated/α-hetero) is 1. The number of carbonyl (C=O) groups is 6. The Bertz CT molecular complexity index is 2170. The van der Waals surface area contributed by atoms with Crippen LogP contribution in [0.2, 0.25) is 0 Å². The highest BCUT2D eigenvalue weighted by Gasteiger charge is 2.42. The summed E-state index contributed by atoms with van der Waals surface area (Å²) in [6.45, 7) is 5.75. The fourth-order valence-electron chi connectivity index (χ4n) is 9.63. The third kappa shape index (κ3) is 12.4. The molecule has 14 nitrogen and oxygen atoms in total. The minimum atomic E-state index is -1.07. The van der Waals surface area contributed by atoms with Crippen molar-refractivity contribution in [1.82, 2.24) is 36.4 Å². The van der Waals surface area contributed by atoms with Gasteiger partial charge in [0.1, 0.15) is 24.7 Å². The number of nitrogens with zero attached hydrogens (tertiary/aromatic N) is 2. The van der Waals surface area contributed by atoms with Crippen molar-refractivity contribution in [3.05, 3.63) is 70.8 Å². The highest BCUT2D eigenvalue weighted by molar-refractivity contribution is 5.95. The summed E-state index contributed by atoms with van der Waals surface area (Å²) in [4.78, 5) is 85.3. The second kappa shape index (κ2) is 23.6. The SMILES string of the molecule is CN[C@@H](C)C(=O)N[C@@H](CC#CC#CCO[C@H](C)[C@H](NC(=O)[C@H](C)NC)C(=O)N1CCCC1C(=O)C[C@@H]1CCCc2ccccc21)C(=O)N1CCCC1C(=O)N[C@@H]1CCCc2ccccc21. The number of aryl methyl sites for hydroxylation is 2. The van der Waals surface area contributed by atoms with Crippen LogP contribution in [0.25, 0.3) is 0 Å². The molecule has 6 rings (SSSR count). The largest absolute Gasteiger partial charge is 0.363 e. The second-order valence-corrected chi connectivity index (χ2v) is 17.9. The Hall–Kier alpha value is -5.54. The average molecular weight is 890 g/mol. The lowest BCUT2D eigenvalue weighted by atomic mass is 9.79. The van der Waals surface area contributed by atoms with Crippen LogP contribution in [0.5, 0.6) is 0 Å². The van der Waals surface area contributed by atoms with Crippen LogP contribution >= 0.6 is 0 Å². The molecule has 5 N–H and O–H groups in total. The number of ketones is 1. The predicted octanol–water partition coefficient (Wildman–Crippen LogP) is 3.23. The van der Waals surface area contributed by atoms with E-state index >= 15 is 0 Å². The molecule has 4 aliphatic rings. The van der Waals surface area contributed by atoms with Gasteiger partial charge in [-0.1, -0.05) is 60.4 Å². The third-order valence-electron chi connectivity index (χ3n) is 13.6. The minimum absolute atomic E-state index is 0.0381. The maximum Gasteiger partial charge on any atom is 0.248 e. The topological polar surface area (TPSA) is 178 Å². The number of hydrogen-bond acceptors (Lipinski definition) is 9. The second-order valence-electron chi connectivity index (χ2n) is 17.9. The third-order valence-corrected chi connectivity index (χ3v) is 13.6. The molecule has 0 bridgehead atoms. The van der Waals surface area contributed by atoms with Crippen molar-refractivity contribution >= 4 is 35.3 Å². The highest BCUT2D eigenvalue weighted by Crippen LogP contribution is 2.36. The van der Waals surface area contributed by atoms with E-state index in [1.165, 1.54) is 16.7 Å². The number of nitrogens with one attached hydrogen (secondary N) is 5. The average Bonchev–Trinajstić information content (AvgIpc) is 4.03. The van der Waals surface area contributed by atoms with Crippen molar-refractivity contribution in [1.29, 1.82) is 0 Å². The molecule has 2 aliphatic heterocycles. The van der Waals surface area contributed by atoms with E-state index in [0.29, 0.717) is 45.2 Å². The molecule has 14 heteroatoms. The molecule has 2 heterocycles. The van der Waals surface area contributed by atoms with Gasteiger partial charge < -0.3 is 41.1 Å². The van der Waals surface area contributed by atoms with Gasteiger partial charge in [0.15, 0.2) is 5.78 Å². The lowest BCUT2D eigenvalue weighted by Crippen LogP contribution is -2.58. The van der Waals surface area contributed by atoms with Crippen LogP contribution < -0.4 is 26.6 Å². The Labute approximate surface area is 384 Å². The van der Waals surface area contributed by atoms with E-state index in [1.807, 2.05) is 24.3 Å². The monoisotopic (exact) mass is 890 g/mol. The molecule has 0 saturated carbocycles. The van der Waals surface area contributed by atoms with Crippen molar-refractivity contribution in [2.75, 3.05) is 33.8 Å². The Balaban J connectivity index is 1.08. The van der Waals surface area contributed by atoms with Gasteiger partial charge in [-0.15, -0.1) is 0 Å². The van der Waals surface area contributed by atoms with Gasteiger partial charge in [0.05, 0.1) is 30.3 Å². The van der Waals surface area contributed by atoms with Crippen molar-refractivity contribution in [2.24, 2.45) is 0 Å². The summed E-state index contributed by atoms with van der Waals surface area (Å²) in [6.07, 6.45) is 7.68. The normalized spacial score (nSPS) is 22.2. The van der Waals surface area contributed by atoms with Gasteiger partial charge >= 0.3 is 0 Å². The van der Waals surface area contributed by atoms with Gasteiger partial charge in [-0.3, -0.25) is 28.8 Å². The Morgan fingerprint density at radius 1 is 0.692 bits per heavy atom. The van der Waals surface area contributed by atoms with Crippen molar-refractivity contribution in [2.45, 2.75) is 152 Å². The zero-order valence-electron chi connectivity index (χ0n) is 38.7. The standard InChI is InChI=1S/C51H67N7O7/c1-33(52-4)47(60)55-42(50(63)58-30-17-28-44(58)49(62)54-41-26-15-21-37-19-10-12-24-40(37)41)25-8-6-7-13-31-65-35(3)46(56-48(61)34(2)53-5)51(64)57-29-16-27-43(57)45(59)32-38-22-14-20-36-18-9-11-23-39(36)38/h9-12,18-19,23-24,33-35,38,41-44,46,52-53H,14-17,20-22,25-32H2,1-5H3,(H,54,62)(H,55,60)(H,56,61)/t33-,34-,35+,38-,41+,42-,43?,44?,46-/m0/s1. The van der Waals surface area contributed by atoms with Gasteiger partial charge in [-0.2, -0.15) is 0 Å². The maximum absolute atomic E-state index is 14.3. The fraction of sp³-hybridized carbons (Fsp3) is 0.569. The van der Waals surface area contributed by atoms with Crippen LogP contribution in [0.4, 0.5) is 0 Å². The Morgan fingerprint density at radius 3 is 1.97 bits per heavy atom. The lowest BCUT2D eigenvalue weighted by molar-refractivity contribution is -0.144. The molecule has 0 aromatic heterocycles. The van der Waals surface area contributed by atoms with E-state index in [0.717, 1.165) is 44.1 Å².